The van der Waals surface area contributed by atoms with E-state index in [0.717, 1.165) is 0 Å². The second-order valence-electron chi connectivity index (χ2n) is 4.30. The van der Waals surface area contributed by atoms with Gasteiger partial charge in [-0.3, -0.25) is 4.79 Å². The van der Waals surface area contributed by atoms with Gasteiger partial charge in [-0.1, -0.05) is 18.2 Å². The van der Waals surface area contributed by atoms with Crippen molar-refractivity contribution in [1.29, 1.82) is 0 Å². The van der Waals surface area contributed by atoms with Crippen LogP contribution in [0.3, 0.4) is 0 Å². The summed E-state index contributed by atoms with van der Waals surface area (Å²) in [6, 6.07) is 7.78. The molecule has 2 atom stereocenters. The SMILES string of the molecule is CC1=CC(=O)C(Cl)C(Cl)/C1=N\S(=O)(=O)c1ccccc1. The van der Waals surface area contributed by atoms with Gasteiger partial charge in [-0.15, -0.1) is 23.2 Å². The lowest BCUT2D eigenvalue weighted by molar-refractivity contribution is -0.114. The van der Waals surface area contributed by atoms with Crippen LogP contribution >= 0.6 is 23.2 Å². The van der Waals surface area contributed by atoms with Crippen molar-refractivity contribution in [2.75, 3.05) is 0 Å². The van der Waals surface area contributed by atoms with E-state index in [4.69, 9.17) is 23.2 Å². The van der Waals surface area contributed by atoms with Gasteiger partial charge >= 0.3 is 0 Å². The van der Waals surface area contributed by atoms with E-state index in [1.54, 1.807) is 25.1 Å². The molecule has 0 fully saturated rings. The fourth-order valence-electron chi connectivity index (χ4n) is 1.76. The zero-order chi connectivity index (χ0) is 14.9. The number of benzene rings is 1. The van der Waals surface area contributed by atoms with E-state index in [9.17, 15) is 13.2 Å². The van der Waals surface area contributed by atoms with Gasteiger partial charge in [0.05, 0.1) is 10.6 Å². The molecule has 7 heteroatoms. The van der Waals surface area contributed by atoms with Crippen LogP contribution in [0.25, 0.3) is 0 Å². The number of hydrogen-bond donors (Lipinski definition) is 0. The van der Waals surface area contributed by atoms with E-state index >= 15 is 0 Å². The van der Waals surface area contributed by atoms with Crippen molar-refractivity contribution in [1.82, 2.24) is 0 Å². The number of ketones is 1. The molecule has 0 saturated carbocycles. The van der Waals surface area contributed by atoms with Crippen LogP contribution in [0.15, 0.2) is 51.3 Å². The summed E-state index contributed by atoms with van der Waals surface area (Å²) in [5.41, 5.74) is 0.515. The number of carbonyl (C=O) groups excluding carboxylic acids is 1. The number of nitrogens with zero attached hydrogens (tertiary/aromatic N) is 1. The smallest absolute Gasteiger partial charge is 0.282 e. The maximum absolute atomic E-state index is 12.2. The average molecular weight is 332 g/mol. The molecule has 0 heterocycles. The van der Waals surface area contributed by atoms with Crippen LogP contribution < -0.4 is 0 Å². The van der Waals surface area contributed by atoms with Crippen LogP contribution in [0.1, 0.15) is 6.92 Å². The van der Waals surface area contributed by atoms with Crippen molar-refractivity contribution in [3.8, 4) is 0 Å². The lowest BCUT2D eigenvalue weighted by atomic mass is 9.97. The summed E-state index contributed by atoms with van der Waals surface area (Å²) in [4.78, 5) is 11.6. The molecule has 20 heavy (non-hydrogen) atoms. The summed E-state index contributed by atoms with van der Waals surface area (Å²) in [6.07, 6.45) is 1.26. The highest BCUT2D eigenvalue weighted by atomic mass is 35.5. The van der Waals surface area contributed by atoms with Crippen molar-refractivity contribution in [2.45, 2.75) is 22.6 Å². The van der Waals surface area contributed by atoms with E-state index in [1.165, 1.54) is 18.2 Å². The molecule has 0 radical (unpaired) electrons. The molecule has 2 unspecified atom stereocenters. The van der Waals surface area contributed by atoms with Crippen LogP contribution in [0.2, 0.25) is 0 Å². The highest BCUT2D eigenvalue weighted by molar-refractivity contribution is 7.90. The first-order valence-corrected chi connectivity index (χ1v) is 8.05. The molecule has 106 valence electrons. The van der Waals surface area contributed by atoms with Crippen molar-refractivity contribution in [3.63, 3.8) is 0 Å². The van der Waals surface area contributed by atoms with E-state index < -0.39 is 20.8 Å². The zero-order valence-corrected chi connectivity index (χ0v) is 12.8. The topological polar surface area (TPSA) is 63.6 Å². The zero-order valence-electron chi connectivity index (χ0n) is 10.5. The first-order chi connectivity index (χ1) is 9.33. The Labute approximate surface area is 127 Å². The van der Waals surface area contributed by atoms with Gasteiger partial charge in [0, 0.05) is 0 Å². The maximum Gasteiger partial charge on any atom is 0.282 e. The Morgan fingerprint density at radius 1 is 1.10 bits per heavy atom. The fraction of sp³-hybridized carbons (Fsp3) is 0.231. The van der Waals surface area contributed by atoms with E-state index in [2.05, 4.69) is 4.40 Å². The highest BCUT2D eigenvalue weighted by Gasteiger charge is 2.34. The first kappa shape index (κ1) is 15.2. The van der Waals surface area contributed by atoms with Gasteiger partial charge in [-0.2, -0.15) is 12.8 Å². The van der Waals surface area contributed by atoms with Crippen LogP contribution in [0, 0.1) is 0 Å². The van der Waals surface area contributed by atoms with Crippen LogP contribution in [-0.2, 0) is 14.8 Å². The third-order valence-electron chi connectivity index (χ3n) is 2.81. The summed E-state index contributed by atoms with van der Waals surface area (Å²) >= 11 is 11.9. The number of rotatable bonds is 2. The highest BCUT2D eigenvalue weighted by Crippen LogP contribution is 2.25. The molecule has 2 rings (SSSR count). The van der Waals surface area contributed by atoms with Gasteiger partial charge in [0.2, 0.25) is 0 Å². The second-order valence-corrected chi connectivity index (χ2v) is 6.84. The number of carbonyl (C=O) groups is 1. The molecule has 4 nitrogen and oxygen atoms in total. The predicted molar refractivity (Wildman–Crippen MR) is 79.1 cm³/mol. The minimum atomic E-state index is -3.87. The van der Waals surface area contributed by atoms with Crippen molar-refractivity contribution >= 4 is 44.7 Å². The Hall–Kier alpha value is -1.17. The molecule has 1 aromatic carbocycles. The molecule has 0 bridgehead atoms. The standard InChI is InChI=1S/C13H11Cl2NO3S/c1-8-7-10(17)11(14)12(15)13(8)16-20(18,19)9-5-3-2-4-6-9/h2-7,11-12H,1H3/b16-13-. The molecular formula is C13H11Cl2NO3S. The maximum atomic E-state index is 12.2. The summed E-state index contributed by atoms with van der Waals surface area (Å²) in [5.74, 6) is -0.347. The average Bonchev–Trinajstić information content (AvgIpc) is 2.42. The Kier molecular flexibility index (Phi) is 4.32. The second kappa shape index (κ2) is 5.68. The molecule has 1 aliphatic carbocycles. The molecule has 0 amide bonds. The van der Waals surface area contributed by atoms with Crippen LogP contribution in [0.4, 0.5) is 0 Å². The molecular weight excluding hydrogens is 321 g/mol. The fourth-order valence-corrected chi connectivity index (χ4v) is 3.47. The summed E-state index contributed by atoms with van der Waals surface area (Å²) in [5, 5.41) is -1.97. The molecule has 1 aliphatic rings. The molecule has 0 N–H and O–H groups in total. The molecule has 0 spiro atoms. The Bertz CT molecular complexity index is 696. The number of halogens is 2. The Morgan fingerprint density at radius 3 is 2.30 bits per heavy atom. The number of sulfonamides is 1. The van der Waals surface area contributed by atoms with E-state index in [1.807, 2.05) is 0 Å². The van der Waals surface area contributed by atoms with E-state index in [0.29, 0.717) is 5.57 Å². The van der Waals surface area contributed by atoms with Gasteiger partial charge in [0.1, 0.15) is 10.8 Å². The van der Waals surface area contributed by atoms with Gasteiger partial charge in [0.15, 0.2) is 5.78 Å². The lowest BCUT2D eigenvalue weighted by Gasteiger charge is -2.21. The first-order valence-electron chi connectivity index (χ1n) is 5.73. The molecule has 1 aromatic rings. The molecule has 0 aliphatic heterocycles. The predicted octanol–water partition coefficient (Wildman–Crippen LogP) is 2.56. The van der Waals surface area contributed by atoms with Crippen molar-refractivity contribution in [2.24, 2.45) is 4.40 Å². The normalized spacial score (nSPS) is 25.6. The quantitative estimate of drug-likeness (QED) is 0.782. The number of hydrogen-bond acceptors (Lipinski definition) is 3. The van der Waals surface area contributed by atoms with E-state index in [-0.39, 0.29) is 16.4 Å². The third kappa shape index (κ3) is 2.95. The minimum Gasteiger partial charge on any atom is -0.293 e. The molecule has 0 aromatic heterocycles. The van der Waals surface area contributed by atoms with Crippen molar-refractivity contribution < 1.29 is 13.2 Å². The van der Waals surface area contributed by atoms with Crippen LogP contribution in [-0.4, -0.2) is 30.7 Å². The number of alkyl halides is 2. The summed E-state index contributed by atoms with van der Waals surface area (Å²) in [6.45, 7) is 1.58. The Morgan fingerprint density at radius 2 is 1.70 bits per heavy atom. The monoisotopic (exact) mass is 331 g/mol. The van der Waals surface area contributed by atoms with Gasteiger partial charge in [-0.25, -0.2) is 0 Å². The minimum absolute atomic E-state index is 0.0622. The summed E-state index contributed by atoms with van der Waals surface area (Å²) in [7, 11) is -3.87. The van der Waals surface area contributed by atoms with Crippen molar-refractivity contribution in [3.05, 3.63) is 42.0 Å². The third-order valence-corrected chi connectivity index (χ3v) is 5.17. The lowest BCUT2D eigenvalue weighted by Crippen LogP contribution is -2.36. The van der Waals surface area contributed by atoms with Crippen LogP contribution in [0.5, 0.6) is 0 Å². The molecule has 0 saturated heterocycles. The van der Waals surface area contributed by atoms with Gasteiger partial charge < -0.3 is 0 Å². The van der Waals surface area contributed by atoms with Gasteiger partial charge in [0.25, 0.3) is 10.0 Å². The number of allylic oxidation sites excluding steroid dienone is 2. The summed E-state index contributed by atoms with van der Waals surface area (Å²) < 4.78 is 28.1. The largest absolute Gasteiger partial charge is 0.293 e. The Balaban J connectivity index is 2.50. The van der Waals surface area contributed by atoms with Gasteiger partial charge in [-0.05, 0) is 30.7 Å².